The van der Waals surface area contributed by atoms with Gasteiger partial charge in [-0.05, 0) is 31.4 Å². The number of thioether (sulfide) groups is 1. The number of carboxylic acids is 1. The van der Waals surface area contributed by atoms with E-state index >= 15 is 0 Å². The number of aromatic nitrogens is 2. The Morgan fingerprint density at radius 2 is 2.02 bits per heavy atom. The number of carbonyl (C=O) groups excluding carboxylic acids is 4. The fourth-order valence-electron chi connectivity index (χ4n) is 6.04. The summed E-state index contributed by atoms with van der Waals surface area (Å²) in [5.74, 6) is -4.36. The number of nitrogen functional groups attached to an aromatic ring is 1. The number of nitrogens with two attached hydrogens (primary N) is 1. The molecule has 6 N–H and O–H groups in total. The number of carboxylic acid groups (broad SMARTS) is 1. The van der Waals surface area contributed by atoms with Gasteiger partial charge >= 0.3 is 17.9 Å². The molecule has 0 aromatic carbocycles. The number of anilines is 1. The molecule has 22 heteroatoms. The van der Waals surface area contributed by atoms with Crippen LogP contribution in [0, 0.1) is 6.92 Å². The molecule has 6 rings (SSSR count). The van der Waals surface area contributed by atoms with Crippen molar-refractivity contribution in [2.45, 2.75) is 49.9 Å². The maximum absolute atomic E-state index is 13.5. The van der Waals surface area contributed by atoms with Crippen LogP contribution >= 0.6 is 23.3 Å². The van der Waals surface area contributed by atoms with Gasteiger partial charge in [0.2, 0.25) is 17.4 Å². The molecule has 2 aromatic rings. The van der Waals surface area contributed by atoms with Gasteiger partial charge in [0.25, 0.3) is 11.8 Å². The van der Waals surface area contributed by atoms with Crippen molar-refractivity contribution in [1.82, 2.24) is 29.4 Å². The highest BCUT2D eigenvalue weighted by atomic mass is 32.2. The number of aliphatic hydroxyl groups excluding tert-OH is 1. The Morgan fingerprint density at radius 3 is 2.65 bits per heavy atom. The number of aliphatic carboxylic acids is 1. The number of β-lactam (4-membered cyclic amide) rings is 1. The minimum absolute atomic E-state index is 0.0226. The highest BCUT2D eigenvalue weighted by Crippen LogP contribution is 2.41. The number of rotatable bonds is 9. The van der Waals surface area contributed by atoms with Crippen LogP contribution < -0.4 is 16.9 Å². The zero-order valence-electron chi connectivity index (χ0n) is 25.4. The summed E-state index contributed by atoms with van der Waals surface area (Å²) >= 11 is 1.94. The van der Waals surface area contributed by atoms with Crippen LogP contribution in [-0.2, 0) is 30.5 Å². The zero-order valence-corrected chi connectivity index (χ0v) is 27.1. The highest BCUT2D eigenvalue weighted by molar-refractivity contribution is 8.00. The van der Waals surface area contributed by atoms with Crippen LogP contribution in [0.25, 0.3) is 0 Å². The second-order valence-corrected chi connectivity index (χ2v) is 13.1. The monoisotopic (exact) mass is 720 g/mol. The summed E-state index contributed by atoms with van der Waals surface area (Å²) in [6.45, 7) is 1.05. The number of ether oxygens (including phenoxy) is 1. The molecule has 0 radical (unpaired) electrons. The van der Waals surface area contributed by atoms with Crippen LogP contribution in [0.15, 0.2) is 41.7 Å². The minimum Gasteiger partial charge on any atom is -0.477 e. The van der Waals surface area contributed by atoms with Gasteiger partial charge in [-0.25, -0.2) is 14.4 Å². The Hall–Kier alpha value is -5.22. The van der Waals surface area contributed by atoms with Crippen molar-refractivity contribution in [1.29, 1.82) is 0 Å². The van der Waals surface area contributed by atoms with Crippen molar-refractivity contribution < 1.29 is 53.0 Å². The normalized spacial score (nSPS) is 24.8. The average Bonchev–Trinajstić information content (AvgIpc) is 3.85. The first-order valence-corrected chi connectivity index (χ1v) is 16.4. The number of allylic oxidation sites excluding steroid dienone is 1. The van der Waals surface area contributed by atoms with Crippen LogP contribution in [0.5, 0.6) is 0 Å². The fraction of sp³-hybridized carbons (Fsp3) is 0.444. The van der Waals surface area contributed by atoms with Crippen molar-refractivity contribution in [3.8, 4) is 0 Å². The number of likely N-dealkylation sites (tertiary alicyclic amines) is 2. The molecular weight excluding hydrogens is 692 g/mol. The lowest BCUT2D eigenvalue weighted by Crippen LogP contribution is -2.71. The summed E-state index contributed by atoms with van der Waals surface area (Å²) in [6, 6.07) is -2.26. The number of hydrogen-bond donors (Lipinski definition) is 5. The molecule has 2 aromatic heterocycles. The summed E-state index contributed by atoms with van der Waals surface area (Å²) in [5.41, 5.74) is 5.15. The van der Waals surface area contributed by atoms with E-state index in [2.05, 4.69) is 19.8 Å². The maximum Gasteiger partial charge on any atom is 0.519 e. The van der Waals surface area contributed by atoms with E-state index in [0.29, 0.717) is 5.57 Å². The van der Waals surface area contributed by atoms with E-state index in [1.54, 1.807) is 4.90 Å². The van der Waals surface area contributed by atoms with Gasteiger partial charge in [0.15, 0.2) is 23.3 Å². The van der Waals surface area contributed by atoms with E-state index in [9.17, 15) is 44.2 Å². The van der Waals surface area contributed by atoms with Gasteiger partial charge < -0.3 is 49.8 Å². The quantitative estimate of drug-likeness (QED) is 0.0670. The number of aryl methyl sites for hydroxylation is 1. The smallest absolute Gasteiger partial charge is 0.477 e. The van der Waals surface area contributed by atoms with Crippen LogP contribution in [-0.4, -0.2) is 124 Å². The molecule has 49 heavy (non-hydrogen) atoms. The van der Waals surface area contributed by atoms with E-state index in [-0.39, 0.29) is 84.6 Å². The maximum atomic E-state index is 13.5. The van der Waals surface area contributed by atoms with Gasteiger partial charge in [-0.2, -0.15) is 9.36 Å². The van der Waals surface area contributed by atoms with E-state index in [1.807, 2.05) is 0 Å². The van der Waals surface area contributed by atoms with Crippen molar-refractivity contribution in [2.75, 3.05) is 31.2 Å². The molecule has 4 amide bonds. The number of oxime groups is 1. The summed E-state index contributed by atoms with van der Waals surface area (Å²) in [6.07, 6.45) is 1.19. The molecule has 6 heterocycles. The Kier molecular flexibility index (Phi) is 9.18. The molecular formula is C27H28N8O12S2. The first kappa shape index (κ1) is 33.7. The first-order valence-electron chi connectivity index (χ1n) is 14.6. The summed E-state index contributed by atoms with van der Waals surface area (Å²) in [5, 5.41) is 33.9. The Bertz CT molecular complexity index is 1880. The van der Waals surface area contributed by atoms with Crippen LogP contribution in [0.1, 0.15) is 30.2 Å². The largest absolute Gasteiger partial charge is 0.519 e. The highest BCUT2D eigenvalue weighted by Gasteiger charge is 2.54. The fourth-order valence-corrected chi connectivity index (χ4v) is 7.78. The third kappa shape index (κ3) is 6.24. The summed E-state index contributed by atoms with van der Waals surface area (Å²) in [4.78, 5) is 83.6. The predicted molar refractivity (Wildman–Crippen MR) is 165 cm³/mol. The van der Waals surface area contributed by atoms with Crippen LogP contribution in [0.3, 0.4) is 0 Å². The number of amides is 4. The van der Waals surface area contributed by atoms with Crippen LogP contribution in [0.4, 0.5) is 9.93 Å². The SMILES string of the molecule is Cc1oc(=O)oc1COC(=O)N1C[C@H](N2CCC(=CC3=C(C(=O)O)N4C(=O)[C@@H](NC(=O)C(=NO)c5nsc(N)n5)[C@H]4SC3)C2=O)C[C@H]1CO. The van der Waals surface area contributed by atoms with Gasteiger partial charge in [0.1, 0.15) is 17.1 Å². The molecule has 0 bridgehead atoms. The van der Waals surface area contributed by atoms with Crippen molar-refractivity contribution >= 4 is 63.9 Å². The summed E-state index contributed by atoms with van der Waals surface area (Å²) < 4.78 is 18.7. The molecule has 4 atom stereocenters. The Morgan fingerprint density at radius 1 is 1.24 bits per heavy atom. The van der Waals surface area contributed by atoms with Gasteiger partial charge in [0.05, 0.1) is 18.7 Å². The molecule has 20 nitrogen and oxygen atoms in total. The third-order valence-electron chi connectivity index (χ3n) is 8.40. The van der Waals surface area contributed by atoms with E-state index < -0.39 is 58.9 Å². The minimum atomic E-state index is -1.40. The molecule has 4 aliphatic rings. The first-order chi connectivity index (χ1) is 23.4. The third-order valence-corrected chi connectivity index (χ3v) is 10.2. The number of fused-ring (bicyclic) bond motifs is 1. The van der Waals surface area contributed by atoms with Crippen molar-refractivity contribution in [2.24, 2.45) is 5.16 Å². The molecule has 0 spiro atoms. The van der Waals surface area contributed by atoms with Gasteiger partial charge in [0, 0.05) is 35.9 Å². The number of nitrogens with one attached hydrogen (secondary N) is 1. The Labute approximate surface area is 283 Å². The lowest BCUT2D eigenvalue weighted by atomic mass is 10.0. The summed E-state index contributed by atoms with van der Waals surface area (Å²) in [7, 11) is 0. The molecule has 260 valence electrons. The topological polar surface area (TPSA) is 285 Å². The van der Waals surface area contributed by atoms with Crippen LogP contribution in [0.2, 0.25) is 0 Å². The van der Waals surface area contributed by atoms with E-state index in [0.717, 1.165) is 16.4 Å². The second kappa shape index (κ2) is 13.4. The molecule has 3 fully saturated rings. The lowest BCUT2D eigenvalue weighted by molar-refractivity contribution is -0.150. The molecule has 0 saturated carbocycles. The number of hydrogen-bond acceptors (Lipinski definition) is 17. The molecule has 3 saturated heterocycles. The van der Waals surface area contributed by atoms with E-state index in [1.165, 1.54) is 29.7 Å². The van der Waals surface area contributed by atoms with Gasteiger partial charge in [-0.3, -0.25) is 19.3 Å². The van der Waals surface area contributed by atoms with Gasteiger partial charge in [-0.1, -0.05) is 5.16 Å². The lowest BCUT2D eigenvalue weighted by Gasteiger charge is -2.49. The molecule has 0 aliphatic carbocycles. The van der Waals surface area contributed by atoms with E-state index in [4.69, 9.17) is 19.3 Å². The van der Waals surface area contributed by atoms with Gasteiger partial charge in [-0.15, -0.1) is 11.8 Å². The van der Waals surface area contributed by atoms with Crippen molar-refractivity contribution in [3.63, 3.8) is 0 Å². The van der Waals surface area contributed by atoms with Crippen molar-refractivity contribution in [3.05, 3.63) is 50.9 Å². The molecule has 0 unspecified atom stereocenters. The number of nitrogens with zero attached hydrogens (tertiary/aromatic N) is 6. The Balaban J connectivity index is 1.12. The predicted octanol–water partition coefficient (Wildman–Crippen LogP) is -1.18. The molecule has 4 aliphatic heterocycles. The zero-order chi connectivity index (χ0) is 35.1. The second-order valence-electron chi connectivity index (χ2n) is 11.2. The standard InChI is InChI=1S/C27H28N8O12S2/c1-10-15(47-27(43)46-10)8-45-26(42)34-6-13(5-14(34)7-36)33-3-2-11(21(33)38)4-12-9-48-23-17(22(39)35(23)18(12)24(40)41)29-20(37)16(31-44)19-30-25(28)49-32-19/h4,13-14,17,23,36,44H,2-3,5-9H2,1H3,(H,29,37)(H,40,41)(H2,28,30,32)/t13-,14+,17-,23-/m1/s1. The number of carbonyl (C=O) groups is 5. The average molecular weight is 721 g/mol. The number of aliphatic hydroxyl groups is 1.